The number of hydrogen-bond acceptors (Lipinski definition) is 3. The summed E-state index contributed by atoms with van der Waals surface area (Å²) >= 11 is 6.12. The Morgan fingerprint density at radius 3 is 2.85 bits per heavy atom. The van der Waals surface area contributed by atoms with Crippen LogP contribution in [-0.2, 0) is 18.0 Å². The molecule has 0 amide bonds. The minimum atomic E-state index is -0.101. The van der Waals surface area contributed by atoms with Gasteiger partial charge in [0.2, 0.25) is 5.78 Å². The van der Waals surface area contributed by atoms with E-state index in [1.165, 1.54) is 6.20 Å². The van der Waals surface area contributed by atoms with E-state index < -0.39 is 0 Å². The van der Waals surface area contributed by atoms with Crippen LogP contribution in [0, 0.1) is 0 Å². The van der Waals surface area contributed by atoms with E-state index in [4.69, 9.17) is 16.3 Å². The molecule has 1 aromatic heterocycles. The topological polar surface area (TPSA) is 44.1 Å². The fourth-order valence-electron chi connectivity index (χ4n) is 2.40. The molecular weight excluding hydrogens is 276 g/mol. The first kappa shape index (κ1) is 13.3. The molecule has 2 heterocycles. The van der Waals surface area contributed by atoms with Gasteiger partial charge in [-0.15, -0.1) is 0 Å². The average molecular weight is 291 g/mol. The van der Waals surface area contributed by atoms with Gasteiger partial charge in [-0.2, -0.15) is 5.10 Å². The van der Waals surface area contributed by atoms with Gasteiger partial charge in [0.25, 0.3) is 0 Å². The van der Waals surface area contributed by atoms with Crippen LogP contribution in [0.25, 0.3) is 0 Å². The lowest BCUT2D eigenvalue weighted by molar-refractivity contribution is 0.102. The van der Waals surface area contributed by atoms with E-state index in [1.54, 1.807) is 4.68 Å². The van der Waals surface area contributed by atoms with Gasteiger partial charge in [-0.05, 0) is 31.0 Å². The van der Waals surface area contributed by atoms with Gasteiger partial charge >= 0.3 is 0 Å². The third-order valence-electron chi connectivity index (χ3n) is 3.44. The van der Waals surface area contributed by atoms with Crippen molar-refractivity contribution in [1.29, 1.82) is 0 Å². The van der Waals surface area contributed by atoms with Crippen LogP contribution < -0.4 is 0 Å². The van der Waals surface area contributed by atoms with Crippen LogP contribution in [0.15, 0.2) is 24.4 Å². The highest BCUT2D eigenvalue weighted by atomic mass is 35.5. The summed E-state index contributed by atoms with van der Waals surface area (Å²) in [4.78, 5) is 12.7. The Morgan fingerprint density at radius 2 is 2.10 bits per heavy atom. The first-order chi connectivity index (χ1) is 9.58. The Balaban J connectivity index is 2.03. The summed E-state index contributed by atoms with van der Waals surface area (Å²) in [6.45, 7) is 5.12. The van der Waals surface area contributed by atoms with Gasteiger partial charge in [-0.3, -0.25) is 9.48 Å². The van der Waals surface area contributed by atoms with Crippen molar-refractivity contribution in [3.8, 4) is 0 Å². The molecule has 0 bridgehead atoms. The first-order valence-corrected chi connectivity index (χ1v) is 6.93. The number of fused-ring (bicyclic) bond motifs is 1. The highest BCUT2D eigenvalue weighted by Crippen LogP contribution is 2.25. The first-order valence-electron chi connectivity index (χ1n) is 6.55. The molecule has 20 heavy (non-hydrogen) atoms. The Hall–Kier alpha value is -1.65. The van der Waals surface area contributed by atoms with Gasteiger partial charge in [0.15, 0.2) is 0 Å². The fraction of sp³-hybridized carbons (Fsp3) is 0.333. The van der Waals surface area contributed by atoms with E-state index in [-0.39, 0.29) is 11.8 Å². The van der Waals surface area contributed by atoms with Crippen LogP contribution in [0.2, 0.25) is 5.02 Å². The van der Waals surface area contributed by atoms with Crippen molar-refractivity contribution in [2.45, 2.75) is 33.1 Å². The summed E-state index contributed by atoms with van der Waals surface area (Å²) in [6, 6.07) is 5.74. The minimum absolute atomic E-state index is 0.0826. The SMILES string of the molecule is CC(C)n1ncc(Cl)c1C(=O)c1ccc2c(c1)COC2. The second-order valence-corrected chi connectivity index (χ2v) is 5.59. The molecule has 0 atom stereocenters. The van der Waals surface area contributed by atoms with Gasteiger partial charge in [-0.1, -0.05) is 23.7 Å². The smallest absolute Gasteiger partial charge is 0.212 e. The number of rotatable bonds is 3. The number of nitrogens with zero attached hydrogens (tertiary/aromatic N) is 2. The van der Waals surface area contributed by atoms with E-state index in [1.807, 2.05) is 32.0 Å². The Bertz CT molecular complexity index is 677. The predicted molar refractivity (Wildman–Crippen MR) is 76.0 cm³/mol. The summed E-state index contributed by atoms with van der Waals surface area (Å²) in [5.74, 6) is -0.101. The van der Waals surface area contributed by atoms with E-state index in [0.29, 0.717) is 29.5 Å². The molecule has 3 rings (SSSR count). The number of halogens is 1. The molecule has 5 heteroatoms. The number of benzene rings is 1. The minimum Gasteiger partial charge on any atom is -0.372 e. The van der Waals surface area contributed by atoms with Crippen LogP contribution in [0.3, 0.4) is 0 Å². The van der Waals surface area contributed by atoms with Crippen LogP contribution in [0.5, 0.6) is 0 Å². The summed E-state index contributed by atoms with van der Waals surface area (Å²) in [6.07, 6.45) is 1.52. The average Bonchev–Trinajstić information content (AvgIpc) is 3.03. The summed E-state index contributed by atoms with van der Waals surface area (Å²) in [5.41, 5.74) is 3.28. The highest BCUT2D eigenvalue weighted by molar-refractivity contribution is 6.34. The lowest BCUT2D eigenvalue weighted by Gasteiger charge is -2.11. The molecule has 1 aliphatic rings. The van der Waals surface area contributed by atoms with Gasteiger partial charge in [0.1, 0.15) is 5.69 Å². The van der Waals surface area contributed by atoms with Crippen LogP contribution in [0.4, 0.5) is 0 Å². The third kappa shape index (κ3) is 2.15. The monoisotopic (exact) mass is 290 g/mol. The summed E-state index contributed by atoms with van der Waals surface area (Å²) < 4.78 is 7.03. The fourth-order valence-corrected chi connectivity index (χ4v) is 2.61. The van der Waals surface area contributed by atoms with Crippen molar-refractivity contribution in [1.82, 2.24) is 9.78 Å². The van der Waals surface area contributed by atoms with Crippen LogP contribution in [-0.4, -0.2) is 15.6 Å². The summed E-state index contributed by atoms with van der Waals surface area (Å²) in [7, 11) is 0. The van der Waals surface area contributed by atoms with Gasteiger partial charge in [0.05, 0.1) is 24.4 Å². The second kappa shape index (κ2) is 5.04. The van der Waals surface area contributed by atoms with Crippen molar-refractivity contribution in [3.63, 3.8) is 0 Å². The zero-order chi connectivity index (χ0) is 14.3. The maximum atomic E-state index is 12.7. The number of ketones is 1. The van der Waals surface area contributed by atoms with E-state index in [9.17, 15) is 4.79 Å². The van der Waals surface area contributed by atoms with Crippen molar-refractivity contribution >= 4 is 17.4 Å². The highest BCUT2D eigenvalue weighted by Gasteiger charge is 2.22. The van der Waals surface area contributed by atoms with Crippen LogP contribution >= 0.6 is 11.6 Å². The molecule has 0 fully saturated rings. The molecule has 4 nitrogen and oxygen atoms in total. The standard InChI is InChI=1S/C15H15ClN2O2/c1-9(2)18-14(13(16)6-17-18)15(19)10-3-4-11-7-20-8-12(11)5-10/h3-6,9H,7-8H2,1-2H3. The maximum Gasteiger partial charge on any atom is 0.212 e. The molecule has 0 saturated carbocycles. The molecule has 0 spiro atoms. The summed E-state index contributed by atoms with van der Waals surface area (Å²) in [5, 5.41) is 4.56. The maximum absolute atomic E-state index is 12.7. The lowest BCUT2D eigenvalue weighted by Crippen LogP contribution is -2.14. The number of aromatic nitrogens is 2. The zero-order valence-corrected chi connectivity index (χ0v) is 12.1. The van der Waals surface area contributed by atoms with Crippen molar-refractivity contribution in [3.05, 3.63) is 51.8 Å². The number of carbonyl (C=O) groups is 1. The molecular formula is C15H15ClN2O2. The van der Waals surface area contributed by atoms with Gasteiger partial charge in [-0.25, -0.2) is 0 Å². The third-order valence-corrected chi connectivity index (χ3v) is 3.72. The van der Waals surface area contributed by atoms with Gasteiger partial charge < -0.3 is 4.74 Å². The molecule has 0 unspecified atom stereocenters. The molecule has 0 radical (unpaired) electrons. The molecule has 0 N–H and O–H groups in total. The Kier molecular flexibility index (Phi) is 3.36. The molecule has 1 aromatic carbocycles. The quantitative estimate of drug-likeness (QED) is 0.814. The molecule has 0 saturated heterocycles. The molecule has 0 aliphatic carbocycles. The second-order valence-electron chi connectivity index (χ2n) is 5.18. The Morgan fingerprint density at radius 1 is 1.35 bits per heavy atom. The molecule has 1 aliphatic heterocycles. The van der Waals surface area contributed by atoms with E-state index >= 15 is 0 Å². The van der Waals surface area contributed by atoms with E-state index in [2.05, 4.69) is 5.10 Å². The van der Waals surface area contributed by atoms with Crippen LogP contribution in [0.1, 0.15) is 47.1 Å². The normalized spacial score (nSPS) is 13.8. The number of ether oxygens (including phenoxy) is 1. The van der Waals surface area contributed by atoms with Gasteiger partial charge in [0, 0.05) is 11.6 Å². The number of carbonyl (C=O) groups excluding carboxylic acids is 1. The van der Waals surface area contributed by atoms with Crippen molar-refractivity contribution < 1.29 is 9.53 Å². The lowest BCUT2D eigenvalue weighted by atomic mass is 10.0. The van der Waals surface area contributed by atoms with E-state index in [0.717, 1.165) is 11.1 Å². The predicted octanol–water partition coefficient (Wildman–Crippen LogP) is 3.38. The zero-order valence-electron chi connectivity index (χ0n) is 11.4. The Labute approximate surface area is 122 Å². The largest absolute Gasteiger partial charge is 0.372 e. The molecule has 2 aromatic rings. The number of hydrogen-bond donors (Lipinski definition) is 0. The van der Waals surface area contributed by atoms with Crippen molar-refractivity contribution in [2.24, 2.45) is 0 Å². The van der Waals surface area contributed by atoms with Crippen molar-refractivity contribution in [2.75, 3.05) is 0 Å². The molecule has 104 valence electrons.